The van der Waals surface area contributed by atoms with E-state index >= 15 is 0 Å². The van der Waals surface area contributed by atoms with Gasteiger partial charge in [0, 0.05) is 10.5 Å². The molecule has 42 valence electrons. The smallest absolute Gasteiger partial charge is 0.0158 e. The average Bonchev–Trinajstić information content (AvgIpc) is 2.26. The molecular formula is C5H11NS. The molecule has 1 saturated heterocycles. The van der Waals surface area contributed by atoms with Gasteiger partial charge in [-0.3, -0.25) is 5.14 Å². The maximum atomic E-state index is 5.83. The fourth-order valence-corrected chi connectivity index (χ4v) is 5.40. The summed E-state index contributed by atoms with van der Waals surface area (Å²) in [7, 11) is -0.447. The summed E-state index contributed by atoms with van der Waals surface area (Å²) in [4.78, 5) is 0. The molecule has 1 heterocycles. The summed E-state index contributed by atoms with van der Waals surface area (Å²) in [6.07, 6.45) is 2.24. The van der Waals surface area contributed by atoms with Crippen LogP contribution in [0.1, 0.15) is 6.92 Å². The Kier molecular flexibility index (Phi) is 0.457. The Morgan fingerprint density at radius 1 is 1.43 bits per heavy atom. The van der Waals surface area contributed by atoms with E-state index in [9.17, 15) is 0 Å². The Balaban J connectivity index is 2.10. The molecule has 1 aliphatic heterocycles. The molecule has 0 amide bonds. The molecule has 2 aliphatic rings. The summed E-state index contributed by atoms with van der Waals surface area (Å²) >= 11 is 0. The molecule has 2 N–H and O–H groups in total. The van der Waals surface area contributed by atoms with Crippen LogP contribution in [0.25, 0.3) is 0 Å². The Morgan fingerprint density at radius 2 is 1.86 bits per heavy atom. The van der Waals surface area contributed by atoms with Crippen molar-refractivity contribution in [3.63, 3.8) is 0 Å². The Bertz CT molecular complexity index is 109. The highest BCUT2D eigenvalue weighted by molar-refractivity contribution is 8.40. The largest absolute Gasteiger partial charge is 0.294 e. The Hall–Kier alpha value is 0.310. The fourth-order valence-electron chi connectivity index (χ4n) is 1.70. The molecule has 2 fully saturated rings. The van der Waals surface area contributed by atoms with E-state index in [-0.39, 0.29) is 0 Å². The summed E-state index contributed by atoms with van der Waals surface area (Å²) in [5.41, 5.74) is 0. The van der Waals surface area contributed by atoms with E-state index in [0.717, 1.165) is 16.4 Å². The van der Waals surface area contributed by atoms with Gasteiger partial charge < -0.3 is 0 Å². The van der Waals surface area contributed by atoms with Gasteiger partial charge in [-0.05, 0) is 12.2 Å². The van der Waals surface area contributed by atoms with E-state index in [0.29, 0.717) is 0 Å². The number of fused-ring (bicyclic) bond motifs is 1. The van der Waals surface area contributed by atoms with Gasteiger partial charge in [-0.25, -0.2) is 0 Å². The SMILES string of the molecule is CC1[C@H]2[C@H]1S2(C)N. The first-order chi connectivity index (χ1) is 3.15. The van der Waals surface area contributed by atoms with E-state index in [1.807, 2.05) is 0 Å². The Morgan fingerprint density at radius 3 is 1.86 bits per heavy atom. The van der Waals surface area contributed by atoms with E-state index in [4.69, 9.17) is 5.14 Å². The monoisotopic (exact) mass is 117 g/mol. The Labute approximate surface area is 45.7 Å². The summed E-state index contributed by atoms with van der Waals surface area (Å²) in [5.74, 6) is 1.00. The second-order valence-electron chi connectivity index (χ2n) is 2.90. The van der Waals surface area contributed by atoms with Gasteiger partial charge in [0.05, 0.1) is 0 Å². The molecule has 2 atom stereocenters. The minimum Gasteiger partial charge on any atom is -0.294 e. The van der Waals surface area contributed by atoms with Gasteiger partial charge in [-0.15, -0.1) is 0 Å². The molecular weight excluding hydrogens is 106 g/mol. The molecule has 7 heavy (non-hydrogen) atoms. The van der Waals surface area contributed by atoms with E-state index in [1.54, 1.807) is 0 Å². The van der Waals surface area contributed by atoms with Crippen molar-refractivity contribution < 1.29 is 0 Å². The molecule has 2 heteroatoms. The third kappa shape index (κ3) is 0.284. The third-order valence-corrected chi connectivity index (χ3v) is 5.79. The molecule has 1 saturated carbocycles. The predicted octanol–water partition coefficient (Wildman–Crippen LogP) is 0.695. The zero-order valence-electron chi connectivity index (χ0n) is 4.72. The van der Waals surface area contributed by atoms with Crippen molar-refractivity contribution in [3.05, 3.63) is 0 Å². The first-order valence-corrected chi connectivity index (χ1v) is 4.92. The fraction of sp³-hybridized carbons (Fsp3) is 1.00. The van der Waals surface area contributed by atoms with Crippen LogP contribution in [0, 0.1) is 5.92 Å². The van der Waals surface area contributed by atoms with Gasteiger partial charge in [-0.2, -0.15) is 10.2 Å². The highest BCUT2D eigenvalue weighted by atomic mass is 32.3. The van der Waals surface area contributed by atoms with Crippen molar-refractivity contribution in [1.82, 2.24) is 0 Å². The lowest BCUT2D eigenvalue weighted by Gasteiger charge is -2.18. The van der Waals surface area contributed by atoms with Crippen LogP contribution >= 0.6 is 10.2 Å². The molecule has 1 aliphatic carbocycles. The second kappa shape index (κ2) is 0.759. The molecule has 1 nitrogen and oxygen atoms in total. The molecule has 0 aromatic carbocycles. The van der Waals surface area contributed by atoms with Crippen molar-refractivity contribution in [2.24, 2.45) is 11.1 Å². The van der Waals surface area contributed by atoms with Crippen LogP contribution in [0.3, 0.4) is 0 Å². The minimum absolute atomic E-state index is 0.447. The standard InChI is InChI=1S/C5H11NS/c1-3-4-5(3)7(4,2)6/h3-5H,6H2,1-2H3/t4-,5-/m0/s1. The summed E-state index contributed by atoms with van der Waals surface area (Å²) < 4.78 is 0. The lowest BCUT2D eigenvalue weighted by Crippen LogP contribution is -2.07. The van der Waals surface area contributed by atoms with Gasteiger partial charge in [0.1, 0.15) is 0 Å². The van der Waals surface area contributed by atoms with Crippen LogP contribution in [0.15, 0.2) is 0 Å². The lowest BCUT2D eigenvalue weighted by atomic mass is 10.5. The molecule has 0 aromatic rings. The van der Waals surface area contributed by atoms with Crippen molar-refractivity contribution in [2.75, 3.05) is 6.26 Å². The molecule has 0 unspecified atom stereocenters. The van der Waals surface area contributed by atoms with Crippen LogP contribution in [0.5, 0.6) is 0 Å². The summed E-state index contributed by atoms with van der Waals surface area (Å²) in [6, 6.07) is 0. The molecule has 0 radical (unpaired) electrons. The second-order valence-corrected chi connectivity index (χ2v) is 6.22. The first-order valence-electron chi connectivity index (χ1n) is 2.69. The van der Waals surface area contributed by atoms with E-state index in [2.05, 4.69) is 13.2 Å². The van der Waals surface area contributed by atoms with Crippen molar-refractivity contribution in [1.29, 1.82) is 0 Å². The maximum Gasteiger partial charge on any atom is 0.0158 e. The van der Waals surface area contributed by atoms with Gasteiger partial charge in [0.15, 0.2) is 0 Å². The number of hydrogen-bond donors (Lipinski definition) is 1. The average molecular weight is 117 g/mol. The topological polar surface area (TPSA) is 26.0 Å². The normalized spacial score (nSPS) is 84.1. The number of nitrogens with two attached hydrogens (primary N) is 1. The highest BCUT2D eigenvalue weighted by Crippen LogP contribution is 2.85. The first kappa shape index (κ1) is 4.21. The van der Waals surface area contributed by atoms with Crippen LogP contribution in [-0.2, 0) is 0 Å². The summed E-state index contributed by atoms with van der Waals surface area (Å²) in [6.45, 7) is 2.30. The van der Waals surface area contributed by atoms with E-state index in [1.165, 1.54) is 0 Å². The lowest BCUT2D eigenvalue weighted by molar-refractivity contribution is 0.955. The van der Waals surface area contributed by atoms with Gasteiger partial charge in [0.2, 0.25) is 0 Å². The molecule has 0 bridgehead atoms. The molecule has 0 spiro atoms. The third-order valence-electron chi connectivity index (χ3n) is 2.32. The van der Waals surface area contributed by atoms with E-state index < -0.39 is 10.2 Å². The highest BCUT2D eigenvalue weighted by Gasteiger charge is 2.74. The van der Waals surface area contributed by atoms with Crippen molar-refractivity contribution in [2.45, 2.75) is 17.4 Å². The quantitative estimate of drug-likeness (QED) is 0.464. The predicted molar refractivity (Wildman–Crippen MR) is 34.4 cm³/mol. The number of hydrogen-bond acceptors (Lipinski definition) is 1. The van der Waals surface area contributed by atoms with Gasteiger partial charge in [-0.1, -0.05) is 6.92 Å². The van der Waals surface area contributed by atoms with Gasteiger partial charge in [0.25, 0.3) is 0 Å². The van der Waals surface area contributed by atoms with Crippen molar-refractivity contribution >= 4 is 10.2 Å². The maximum absolute atomic E-state index is 5.83. The van der Waals surface area contributed by atoms with Crippen molar-refractivity contribution in [3.8, 4) is 0 Å². The van der Waals surface area contributed by atoms with Gasteiger partial charge >= 0.3 is 0 Å². The summed E-state index contributed by atoms with van der Waals surface area (Å²) in [5, 5.41) is 7.82. The molecule has 2 rings (SSSR count). The van der Waals surface area contributed by atoms with Crippen LogP contribution in [0.2, 0.25) is 0 Å². The minimum atomic E-state index is -0.447. The van der Waals surface area contributed by atoms with Crippen LogP contribution in [-0.4, -0.2) is 16.8 Å². The van der Waals surface area contributed by atoms with Crippen LogP contribution < -0.4 is 5.14 Å². The zero-order chi connectivity index (χ0) is 5.23. The number of rotatable bonds is 0. The molecule has 0 aromatic heterocycles. The zero-order valence-corrected chi connectivity index (χ0v) is 5.53. The van der Waals surface area contributed by atoms with Crippen LogP contribution in [0.4, 0.5) is 0 Å².